The molecule has 14 heavy (non-hydrogen) atoms. The number of hydrogen-bond donors (Lipinski definition) is 2. The fourth-order valence-corrected chi connectivity index (χ4v) is 1.83. The number of likely N-dealkylation sites (N-methyl/N-ethyl adjacent to an activating group) is 1. The highest BCUT2D eigenvalue weighted by atomic mass is 79.9. The van der Waals surface area contributed by atoms with E-state index in [0.717, 1.165) is 23.0 Å². The summed E-state index contributed by atoms with van der Waals surface area (Å²) in [6.45, 7) is 0.966. The summed E-state index contributed by atoms with van der Waals surface area (Å²) in [4.78, 5) is 0. The first-order valence-corrected chi connectivity index (χ1v) is 5.37. The average Bonchev–Trinajstić information content (AvgIpc) is 2.57. The van der Waals surface area contributed by atoms with Crippen molar-refractivity contribution in [3.05, 3.63) is 28.4 Å². The lowest BCUT2D eigenvalue weighted by Gasteiger charge is -1.97. The van der Waals surface area contributed by atoms with Gasteiger partial charge in [0.2, 0.25) is 0 Å². The molecule has 1 aromatic heterocycles. The highest BCUT2D eigenvalue weighted by molar-refractivity contribution is 9.10. The van der Waals surface area contributed by atoms with Crippen LogP contribution in [0.1, 0.15) is 5.69 Å². The molecule has 0 amide bonds. The molecule has 0 saturated heterocycles. The van der Waals surface area contributed by atoms with Gasteiger partial charge >= 0.3 is 0 Å². The molecule has 4 heteroatoms. The normalized spacial score (nSPS) is 11.0. The highest BCUT2D eigenvalue weighted by Crippen LogP contribution is 2.20. The van der Waals surface area contributed by atoms with Gasteiger partial charge < -0.3 is 5.32 Å². The molecule has 1 aromatic carbocycles. The smallest absolute Gasteiger partial charge is 0.0934 e. The van der Waals surface area contributed by atoms with Crippen LogP contribution >= 0.6 is 15.9 Å². The van der Waals surface area contributed by atoms with E-state index in [1.165, 1.54) is 11.1 Å². The fraction of sp³-hybridized carbons (Fsp3) is 0.300. The molecule has 0 radical (unpaired) electrons. The summed E-state index contributed by atoms with van der Waals surface area (Å²) in [7, 11) is 1.95. The zero-order chi connectivity index (χ0) is 9.97. The number of rotatable bonds is 3. The van der Waals surface area contributed by atoms with E-state index in [1.54, 1.807) is 0 Å². The summed E-state index contributed by atoms with van der Waals surface area (Å²) in [6, 6.07) is 6.16. The van der Waals surface area contributed by atoms with Gasteiger partial charge in [0.25, 0.3) is 0 Å². The Balaban J connectivity index is 2.37. The second-order valence-corrected chi connectivity index (χ2v) is 4.13. The molecule has 0 spiro atoms. The minimum atomic E-state index is 0.966. The topological polar surface area (TPSA) is 40.7 Å². The third kappa shape index (κ3) is 1.81. The van der Waals surface area contributed by atoms with E-state index in [-0.39, 0.29) is 0 Å². The quantitative estimate of drug-likeness (QED) is 0.880. The van der Waals surface area contributed by atoms with Gasteiger partial charge in [-0.05, 0) is 25.2 Å². The molecule has 0 aliphatic heterocycles. The molecular formula is C10H12BrN3. The number of H-pyrrole nitrogens is 1. The summed E-state index contributed by atoms with van der Waals surface area (Å²) in [5.74, 6) is 0. The van der Waals surface area contributed by atoms with Crippen molar-refractivity contribution in [2.45, 2.75) is 6.42 Å². The molecule has 3 nitrogen and oxygen atoms in total. The molecule has 0 aliphatic rings. The Kier molecular flexibility index (Phi) is 2.84. The summed E-state index contributed by atoms with van der Waals surface area (Å²) in [5, 5.41) is 11.7. The molecule has 0 atom stereocenters. The zero-order valence-corrected chi connectivity index (χ0v) is 9.56. The van der Waals surface area contributed by atoms with Crippen LogP contribution in [0.5, 0.6) is 0 Å². The predicted molar refractivity (Wildman–Crippen MR) is 61.4 cm³/mol. The number of hydrogen-bond acceptors (Lipinski definition) is 2. The SMILES string of the molecule is CNCCc1[nH]nc2cc(Br)ccc12. The number of fused-ring (bicyclic) bond motifs is 1. The van der Waals surface area contributed by atoms with E-state index in [2.05, 4.69) is 37.5 Å². The van der Waals surface area contributed by atoms with Gasteiger partial charge in [0.1, 0.15) is 0 Å². The molecule has 0 aliphatic carbocycles. The number of aromatic amines is 1. The van der Waals surface area contributed by atoms with Crippen molar-refractivity contribution < 1.29 is 0 Å². The van der Waals surface area contributed by atoms with Gasteiger partial charge in [-0.1, -0.05) is 15.9 Å². The van der Waals surface area contributed by atoms with E-state index < -0.39 is 0 Å². The highest BCUT2D eigenvalue weighted by Gasteiger charge is 2.04. The molecular weight excluding hydrogens is 242 g/mol. The maximum atomic E-state index is 4.25. The van der Waals surface area contributed by atoms with Crippen molar-refractivity contribution >= 4 is 26.8 Å². The van der Waals surface area contributed by atoms with Crippen molar-refractivity contribution in [2.75, 3.05) is 13.6 Å². The Labute approximate surface area is 91.0 Å². The van der Waals surface area contributed by atoms with Crippen LogP contribution < -0.4 is 5.32 Å². The second kappa shape index (κ2) is 4.11. The van der Waals surface area contributed by atoms with Crippen LogP contribution in [0.25, 0.3) is 10.9 Å². The Hall–Kier alpha value is -0.870. The van der Waals surface area contributed by atoms with Crippen molar-refractivity contribution in [1.29, 1.82) is 0 Å². The van der Waals surface area contributed by atoms with Gasteiger partial charge in [-0.3, -0.25) is 5.10 Å². The molecule has 1 heterocycles. The molecule has 74 valence electrons. The van der Waals surface area contributed by atoms with Crippen LogP contribution in [-0.4, -0.2) is 23.8 Å². The van der Waals surface area contributed by atoms with Crippen LogP contribution in [0, 0.1) is 0 Å². The van der Waals surface area contributed by atoms with Gasteiger partial charge in [0, 0.05) is 28.5 Å². The maximum Gasteiger partial charge on any atom is 0.0934 e. The summed E-state index contributed by atoms with van der Waals surface area (Å²) in [5.41, 5.74) is 2.22. The van der Waals surface area contributed by atoms with E-state index in [0.29, 0.717) is 0 Å². The lowest BCUT2D eigenvalue weighted by molar-refractivity contribution is 0.775. The van der Waals surface area contributed by atoms with E-state index in [1.807, 2.05) is 19.2 Å². The summed E-state index contributed by atoms with van der Waals surface area (Å²) >= 11 is 3.43. The Morgan fingerprint density at radius 2 is 2.36 bits per heavy atom. The van der Waals surface area contributed by atoms with Gasteiger partial charge in [-0.2, -0.15) is 5.10 Å². The summed E-state index contributed by atoms with van der Waals surface area (Å²) < 4.78 is 1.07. The average molecular weight is 254 g/mol. The third-order valence-corrected chi connectivity index (χ3v) is 2.71. The van der Waals surface area contributed by atoms with Crippen molar-refractivity contribution in [3.8, 4) is 0 Å². The minimum absolute atomic E-state index is 0.966. The lowest BCUT2D eigenvalue weighted by atomic mass is 10.2. The molecule has 2 aromatic rings. The van der Waals surface area contributed by atoms with Crippen LogP contribution in [-0.2, 0) is 6.42 Å². The van der Waals surface area contributed by atoms with Gasteiger partial charge in [-0.15, -0.1) is 0 Å². The largest absolute Gasteiger partial charge is 0.319 e. The second-order valence-electron chi connectivity index (χ2n) is 3.22. The first kappa shape index (κ1) is 9.68. The first-order valence-electron chi connectivity index (χ1n) is 4.58. The third-order valence-electron chi connectivity index (χ3n) is 2.22. The minimum Gasteiger partial charge on any atom is -0.319 e. The molecule has 2 rings (SSSR count). The number of benzene rings is 1. The predicted octanol–water partition coefficient (Wildman–Crippen LogP) is 2.09. The monoisotopic (exact) mass is 253 g/mol. The molecule has 0 bridgehead atoms. The molecule has 2 N–H and O–H groups in total. The van der Waals surface area contributed by atoms with Gasteiger partial charge in [-0.25, -0.2) is 0 Å². The Morgan fingerprint density at radius 1 is 1.50 bits per heavy atom. The fourth-order valence-electron chi connectivity index (χ4n) is 1.48. The lowest BCUT2D eigenvalue weighted by Crippen LogP contribution is -2.10. The first-order chi connectivity index (χ1) is 6.81. The van der Waals surface area contributed by atoms with E-state index >= 15 is 0 Å². The molecule has 0 saturated carbocycles. The van der Waals surface area contributed by atoms with Gasteiger partial charge in [0.15, 0.2) is 0 Å². The van der Waals surface area contributed by atoms with Crippen LogP contribution in [0.4, 0.5) is 0 Å². The summed E-state index contributed by atoms with van der Waals surface area (Å²) in [6.07, 6.45) is 0.981. The number of nitrogens with one attached hydrogen (secondary N) is 2. The van der Waals surface area contributed by atoms with Crippen LogP contribution in [0.3, 0.4) is 0 Å². The standard InChI is InChI=1S/C10H12BrN3/c1-12-5-4-9-8-3-2-7(11)6-10(8)14-13-9/h2-3,6,12H,4-5H2,1H3,(H,13,14). The molecule has 0 fully saturated rings. The number of halogens is 1. The maximum absolute atomic E-state index is 4.25. The molecule has 0 unspecified atom stereocenters. The van der Waals surface area contributed by atoms with Gasteiger partial charge in [0.05, 0.1) is 5.52 Å². The van der Waals surface area contributed by atoms with E-state index in [4.69, 9.17) is 0 Å². The zero-order valence-electron chi connectivity index (χ0n) is 7.97. The Morgan fingerprint density at radius 3 is 3.14 bits per heavy atom. The number of aromatic nitrogens is 2. The van der Waals surface area contributed by atoms with Crippen molar-refractivity contribution in [2.24, 2.45) is 0 Å². The van der Waals surface area contributed by atoms with Crippen molar-refractivity contribution in [1.82, 2.24) is 15.5 Å². The van der Waals surface area contributed by atoms with Crippen LogP contribution in [0.15, 0.2) is 22.7 Å². The van der Waals surface area contributed by atoms with Crippen LogP contribution in [0.2, 0.25) is 0 Å². The van der Waals surface area contributed by atoms with E-state index in [9.17, 15) is 0 Å². The number of nitrogens with zero attached hydrogens (tertiary/aromatic N) is 1. The van der Waals surface area contributed by atoms with Crippen molar-refractivity contribution in [3.63, 3.8) is 0 Å². The Bertz CT molecular complexity index is 436.